The van der Waals surface area contributed by atoms with Crippen LogP contribution in [0.2, 0.25) is 0 Å². The molecule has 2 rings (SSSR count). The molecule has 0 aliphatic heterocycles. The summed E-state index contributed by atoms with van der Waals surface area (Å²) in [6.45, 7) is 2.03. The highest BCUT2D eigenvalue weighted by Crippen LogP contribution is 2.32. The van der Waals surface area contributed by atoms with Gasteiger partial charge in [-0.15, -0.1) is 0 Å². The Labute approximate surface area is 95.0 Å². The summed E-state index contributed by atoms with van der Waals surface area (Å²) in [7, 11) is 0. The standard InChI is InChI=1S/C14H16F2/c1-10-5-7-11(8-6-10)12-3-2-4-13(9-12)14(15)16/h5-9,13-14H,2-4H2,1H3. The van der Waals surface area contributed by atoms with E-state index in [1.165, 1.54) is 5.56 Å². The lowest BCUT2D eigenvalue weighted by Crippen LogP contribution is -2.12. The van der Waals surface area contributed by atoms with E-state index in [4.69, 9.17) is 0 Å². The zero-order chi connectivity index (χ0) is 11.5. The first kappa shape index (κ1) is 11.3. The molecule has 1 unspecified atom stereocenters. The van der Waals surface area contributed by atoms with Crippen molar-refractivity contribution in [3.05, 3.63) is 41.5 Å². The number of hydrogen-bond acceptors (Lipinski definition) is 0. The van der Waals surface area contributed by atoms with Gasteiger partial charge in [0, 0.05) is 5.92 Å². The monoisotopic (exact) mass is 222 g/mol. The van der Waals surface area contributed by atoms with Crippen molar-refractivity contribution in [1.82, 2.24) is 0 Å². The molecule has 1 aromatic carbocycles. The fraction of sp³-hybridized carbons (Fsp3) is 0.429. The predicted molar refractivity (Wildman–Crippen MR) is 62.5 cm³/mol. The molecule has 0 fully saturated rings. The second-order valence-electron chi connectivity index (χ2n) is 4.45. The Balaban J connectivity index is 2.23. The molecule has 0 heterocycles. The van der Waals surface area contributed by atoms with Crippen molar-refractivity contribution in [3.8, 4) is 0 Å². The van der Waals surface area contributed by atoms with Crippen LogP contribution in [0.15, 0.2) is 30.3 Å². The van der Waals surface area contributed by atoms with Crippen LogP contribution in [0.3, 0.4) is 0 Å². The molecule has 0 saturated heterocycles. The van der Waals surface area contributed by atoms with Crippen LogP contribution in [0.25, 0.3) is 5.57 Å². The number of alkyl halides is 2. The van der Waals surface area contributed by atoms with Gasteiger partial charge in [-0.05, 0) is 37.3 Å². The van der Waals surface area contributed by atoms with Gasteiger partial charge in [0.1, 0.15) is 0 Å². The van der Waals surface area contributed by atoms with Gasteiger partial charge in [0.2, 0.25) is 6.43 Å². The molecule has 0 radical (unpaired) electrons. The lowest BCUT2D eigenvalue weighted by molar-refractivity contribution is 0.0935. The van der Waals surface area contributed by atoms with E-state index in [0.717, 1.165) is 24.0 Å². The number of allylic oxidation sites excluding steroid dienone is 2. The normalized spacial score (nSPS) is 21.0. The van der Waals surface area contributed by atoms with Crippen molar-refractivity contribution in [2.24, 2.45) is 5.92 Å². The molecular formula is C14H16F2. The van der Waals surface area contributed by atoms with Crippen molar-refractivity contribution in [1.29, 1.82) is 0 Å². The zero-order valence-electron chi connectivity index (χ0n) is 9.42. The summed E-state index contributed by atoms with van der Waals surface area (Å²) >= 11 is 0. The van der Waals surface area contributed by atoms with E-state index in [2.05, 4.69) is 0 Å². The molecule has 1 atom stereocenters. The van der Waals surface area contributed by atoms with Gasteiger partial charge >= 0.3 is 0 Å². The van der Waals surface area contributed by atoms with Gasteiger partial charge in [0.05, 0.1) is 0 Å². The third kappa shape index (κ3) is 2.49. The largest absolute Gasteiger partial charge is 0.244 e. The number of benzene rings is 1. The molecular weight excluding hydrogens is 206 g/mol. The van der Waals surface area contributed by atoms with E-state index in [1.807, 2.05) is 31.2 Å². The molecule has 0 saturated carbocycles. The first-order valence-corrected chi connectivity index (χ1v) is 5.72. The lowest BCUT2D eigenvalue weighted by Gasteiger charge is -2.20. The summed E-state index contributed by atoms with van der Waals surface area (Å²) in [5, 5.41) is 0. The molecule has 0 nitrogen and oxygen atoms in total. The summed E-state index contributed by atoms with van der Waals surface area (Å²) < 4.78 is 25.3. The van der Waals surface area contributed by atoms with E-state index in [-0.39, 0.29) is 0 Å². The summed E-state index contributed by atoms with van der Waals surface area (Å²) in [4.78, 5) is 0. The summed E-state index contributed by atoms with van der Waals surface area (Å²) in [6, 6.07) is 8.11. The van der Waals surface area contributed by atoms with Crippen LogP contribution < -0.4 is 0 Å². The molecule has 1 aromatic rings. The SMILES string of the molecule is Cc1ccc(C2=CC(C(F)F)CCC2)cc1. The van der Waals surface area contributed by atoms with Crippen LogP contribution in [0.4, 0.5) is 8.78 Å². The smallest absolute Gasteiger partial charge is 0.210 e. The Morgan fingerprint density at radius 1 is 1.19 bits per heavy atom. The molecule has 86 valence electrons. The van der Waals surface area contributed by atoms with E-state index in [0.29, 0.717) is 6.42 Å². The third-order valence-electron chi connectivity index (χ3n) is 3.14. The van der Waals surface area contributed by atoms with Gasteiger partial charge < -0.3 is 0 Å². The maximum atomic E-state index is 12.6. The van der Waals surface area contributed by atoms with Gasteiger partial charge in [-0.1, -0.05) is 35.9 Å². The van der Waals surface area contributed by atoms with Gasteiger partial charge in [-0.3, -0.25) is 0 Å². The van der Waals surface area contributed by atoms with Crippen LogP contribution in [-0.4, -0.2) is 6.43 Å². The average Bonchev–Trinajstić information content (AvgIpc) is 2.30. The average molecular weight is 222 g/mol. The maximum Gasteiger partial charge on any atom is 0.244 e. The molecule has 16 heavy (non-hydrogen) atoms. The Morgan fingerprint density at radius 2 is 1.88 bits per heavy atom. The molecule has 1 aliphatic rings. The Morgan fingerprint density at radius 3 is 2.50 bits per heavy atom. The number of halogens is 2. The number of rotatable bonds is 2. The van der Waals surface area contributed by atoms with Crippen molar-refractivity contribution in [3.63, 3.8) is 0 Å². The van der Waals surface area contributed by atoms with Crippen molar-refractivity contribution >= 4 is 5.57 Å². The zero-order valence-corrected chi connectivity index (χ0v) is 9.42. The van der Waals surface area contributed by atoms with Gasteiger partial charge in [-0.25, -0.2) is 8.78 Å². The highest BCUT2D eigenvalue weighted by atomic mass is 19.3. The van der Waals surface area contributed by atoms with E-state index >= 15 is 0 Å². The summed E-state index contributed by atoms with van der Waals surface area (Å²) in [6.07, 6.45) is 1.95. The topological polar surface area (TPSA) is 0 Å². The molecule has 0 bridgehead atoms. The fourth-order valence-electron chi connectivity index (χ4n) is 2.16. The van der Waals surface area contributed by atoms with Crippen LogP contribution in [0.5, 0.6) is 0 Å². The lowest BCUT2D eigenvalue weighted by atomic mass is 9.87. The van der Waals surface area contributed by atoms with E-state index < -0.39 is 12.3 Å². The first-order chi connectivity index (χ1) is 7.66. The Hall–Kier alpha value is -1.18. The van der Waals surface area contributed by atoms with Gasteiger partial charge in [0.25, 0.3) is 0 Å². The quantitative estimate of drug-likeness (QED) is 0.693. The first-order valence-electron chi connectivity index (χ1n) is 5.72. The minimum atomic E-state index is -2.22. The summed E-state index contributed by atoms with van der Waals surface area (Å²) in [5.74, 6) is -0.551. The van der Waals surface area contributed by atoms with Gasteiger partial charge in [0.15, 0.2) is 0 Å². The van der Waals surface area contributed by atoms with Crippen LogP contribution in [0.1, 0.15) is 30.4 Å². The molecule has 0 spiro atoms. The van der Waals surface area contributed by atoms with Gasteiger partial charge in [-0.2, -0.15) is 0 Å². The fourth-order valence-corrected chi connectivity index (χ4v) is 2.16. The molecule has 2 heteroatoms. The van der Waals surface area contributed by atoms with Crippen LogP contribution in [-0.2, 0) is 0 Å². The summed E-state index contributed by atoms with van der Waals surface area (Å²) in [5.41, 5.74) is 3.37. The van der Waals surface area contributed by atoms with Crippen LogP contribution in [0, 0.1) is 12.8 Å². The highest BCUT2D eigenvalue weighted by Gasteiger charge is 2.22. The molecule has 0 aromatic heterocycles. The van der Waals surface area contributed by atoms with Crippen molar-refractivity contribution < 1.29 is 8.78 Å². The van der Waals surface area contributed by atoms with Crippen molar-refractivity contribution in [2.45, 2.75) is 32.6 Å². The minimum Gasteiger partial charge on any atom is -0.210 e. The Kier molecular flexibility index (Phi) is 3.37. The number of hydrogen-bond donors (Lipinski definition) is 0. The van der Waals surface area contributed by atoms with Crippen molar-refractivity contribution in [2.75, 3.05) is 0 Å². The minimum absolute atomic E-state index is 0.551. The maximum absolute atomic E-state index is 12.6. The highest BCUT2D eigenvalue weighted by molar-refractivity contribution is 5.66. The number of aryl methyl sites for hydroxylation is 1. The Bertz CT molecular complexity index is 376. The predicted octanol–water partition coefficient (Wildman–Crippen LogP) is 4.44. The van der Waals surface area contributed by atoms with E-state index in [1.54, 1.807) is 6.08 Å². The third-order valence-corrected chi connectivity index (χ3v) is 3.14. The second kappa shape index (κ2) is 4.77. The van der Waals surface area contributed by atoms with Crippen LogP contribution >= 0.6 is 0 Å². The second-order valence-corrected chi connectivity index (χ2v) is 4.45. The molecule has 0 N–H and O–H groups in total. The molecule has 0 amide bonds. The molecule has 1 aliphatic carbocycles. The van der Waals surface area contributed by atoms with E-state index in [9.17, 15) is 8.78 Å².